The molecule has 1 atom stereocenters. The van der Waals surface area contributed by atoms with Crippen molar-refractivity contribution in [2.24, 2.45) is 0 Å². The highest BCUT2D eigenvalue weighted by molar-refractivity contribution is 6.35. The number of amides is 1. The summed E-state index contributed by atoms with van der Waals surface area (Å²) in [5.41, 5.74) is 1.69. The Morgan fingerprint density at radius 2 is 1.80 bits per heavy atom. The van der Waals surface area contributed by atoms with E-state index in [0.717, 1.165) is 0 Å². The fourth-order valence-electron chi connectivity index (χ4n) is 2.28. The van der Waals surface area contributed by atoms with Crippen LogP contribution < -0.4 is 10.1 Å². The van der Waals surface area contributed by atoms with E-state index in [2.05, 4.69) is 5.32 Å². The van der Waals surface area contributed by atoms with E-state index >= 15 is 0 Å². The van der Waals surface area contributed by atoms with Gasteiger partial charge in [-0.25, -0.2) is 0 Å². The highest BCUT2D eigenvalue weighted by atomic mass is 35.5. The third-order valence-electron chi connectivity index (χ3n) is 3.54. The molecule has 0 aromatic heterocycles. The monoisotopic (exact) mass is 382 g/mol. The third-order valence-corrected chi connectivity index (χ3v) is 4.07. The summed E-state index contributed by atoms with van der Waals surface area (Å²) in [6, 6.07) is 7.52. The molecule has 0 unspecified atom stereocenters. The molecule has 0 aliphatic carbocycles. The van der Waals surface area contributed by atoms with E-state index in [1.165, 1.54) is 18.2 Å². The van der Waals surface area contributed by atoms with Crippen LogP contribution in [0.3, 0.4) is 0 Å². The number of hydrogen-bond acceptors (Lipinski definition) is 4. The zero-order valence-corrected chi connectivity index (χ0v) is 15.3. The number of nitrogens with zero attached hydrogens (tertiary/aromatic N) is 1. The molecule has 25 heavy (non-hydrogen) atoms. The van der Waals surface area contributed by atoms with E-state index in [1.807, 2.05) is 0 Å². The van der Waals surface area contributed by atoms with Gasteiger partial charge in [-0.1, -0.05) is 23.2 Å². The summed E-state index contributed by atoms with van der Waals surface area (Å²) in [6.07, 6.45) is -0.826. The van der Waals surface area contributed by atoms with E-state index in [0.29, 0.717) is 32.6 Å². The minimum atomic E-state index is -0.826. The number of nitrogens with one attached hydrogen (secondary N) is 1. The Morgan fingerprint density at radius 3 is 2.32 bits per heavy atom. The fraction of sp³-hybridized carbons (Fsp3) is 0.235. The first-order chi connectivity index (χ1) is 11.7. The molecule has 0 fully saturated rings. The summed E-state index contributed by atoms with van der Waals surface area (Å²) in [4.78, 5) is 22.8. The Hall–Kier alpha value is -2.31. The molecule has 0 heterocycles. The molecule has 0 radical (unpaired) electrons. The van der Waals surface area contributed by atoms with Crippen LogP contribution in [-0.2, 0) is 4.79 Å². The van der Waals surface area contributed by atoms with Gasteiger partial charge in [-0.2, -0.15) is 0 Å². The highest BCUT2D eigenvalue weighted by Crippen LogP contribution is 2.29. The maximum atomic E-state index is 12.4. The highest BCUT2D eigenvalue weighted by Gasteiger charge is 2.19. The van der Waals surface area contributed by atoms with Crippen molar-refractivity contribution in [2.45, 2.75) is 26.9 Å². The van der Waals surface area contributed by atoms with Crippen molar-refractivity contribution < 1.29 is 14.5 Å². The van der Waals surface area contributed by atoms with Crippen LogP contribution in [0.2, 0.25) is 10.0 Å². The Bertz CT molecular complexity index is 816. The van der Waals surface area contributed by atoms with Gasteiger partial charge in [0.15, 0.2) is 6.10 Å². The van der Waals surface area contributed by atoms with Crippen LogP contribution in [0.5, 0.6) is 5.75 Å². The summed E-state index contributed by atoms with van der Waals surface area (Å²) < 4.78 is 5.56. The molecular formula is C17H16Cl2N2O4. The molecule has 1 N–H and O–H groups in total. The van der Waals surface area contributed by atoms with Gasteiger partial charge in [0.25, 0.3) is 11.6 Å². The first-order valence-electron chi connectivity index (χ1n) is 7.37. The van der Waals surface area contributed by atoms with Crippen molar-refractivity contribution in [3.63, 3.8) is 0 Å². The predicted molar refractivity (Wildman–Crippen MR) is 97.8 cm³/mol. The van der Waals surface area contributed by atoms with Gasteiger partial charge in [0.05, 0.1) is 9.95 Å². The topological polar surface area (TPSA) is 81.5 Å². The molecular weight excluding hydrogens is 367 g/mol. The van der Waals surface area contributed by atoms with Gasteiger partial charge in [-0.15, -0.1) is 0 Å². The normalized spacial score (nSPS) is 11.7. The van der Waals surface area contributed by atoms with Crippen LogP contribution >= 0.6 is 23.2 Å². The van der Waals surface area contributed by atoms with Gasteiger partial charge in [0.2, 0.25) is 0 Å². The van der Waals surface area contributed by atoms with Gasteiger partial charge in [0.1, 0.15) is 5.75 Å². The van der Waals surface area contributed by atoms with Crippen LogP contribution in [0.15, 0.2) is 30.3 Å². The summed E-state index contributed by atoms with van der Waals surface area (Å²) in [5.74, 6) is -0.0584. The molecule has 8 heteroatoms. The number of halogens is 2. The van der Waals surface area contributed by atoms with Crippen molar-refractivity contribution in [1.29, 1.82) is 0 Å². The summed E-state index contributed by atoms with van der Waals surface area (Å²) in [6.45, 7) is 4.96. The number of nitro benzene ring substituents is 1. The predicted octanol–water partition coefficient (Wildman–Crippen LogP) is 4.92. The van der Waals surface area contributed by atoms with Gasteiger partial charge in [-0.05, 0) is 50.1 Å². The molecule has 0 saturated carbocycles. The maximum absolute atomic E-state index is 12.4. The molecule has 0 aliphatic heterocycles. The first-order valence-corrected chi connectivity index (χ1v) is 8.13. The average molecular weight is 383 g/mol. The van der Waals surface area contributed by atoms with E-state index in [-0.39, 0.29) is 5.69 Å². The number of nitro groups is 1. The zero-order chi connectivity index (χ0) is 18.7. The minimum Gasteiger partial charge on any atom is -0.479 e. The Morgan fingerprint density at radius 1 is 1.20 bits per heavy atom. The summed E-state index contributed by atoms with van der Waals surface area (Å²) >= 11 is 11.9. The van der Waals surface area contributed by atoms with Crippen molar-refractivity contribution in [1.82, 2.24) is 0 Å². The number of ether oxygens (including phenoxy) is 1. The zero-order valence-electron chi connectivity index (χ0n) is 13.8. The van der Waals surface area contributed by atoms with Gasteiger partial charge in [0, 0.05) is 22.8 Å². The molecule has 1 amide bonds. The summed E-state index contributed by atoms with van der Waals surface area (Å²) in [7, 11) is 0. The minimum absolute atomic E-state index is 0.0229. The van der Waals surface area contributed by atoms with Crippen molar-refractivity contribution in [3.05, 3.63) is 61.6 Å². The molecule has 2 aromatic carbocycles. The SMILES string of the molecule is Cc1cc([N+](=O)[O-])cc(C)c1NC(=O)[C@@H](C)Oc1ccc(Cl)cc1Cl. The fourth-order valence-corrected chi connectivity index (χ4v) is 2.74. The summed E-state index contributed by atoms with van der Waals surface area (Å²) in [5, 5.41) is 14.4. The van der Waals surface area contributed by atoms with E-state index in [9.17, 15) is 14.9 Å². The molecule has 0 bridgehead atoms. The number of rotatable bonds is 5. The quantitative estimate of drug-likeness (QED) is 0.587. The number of anilines is 1. The van der Waals surface area contributed by atoms with E-state index in [1.54, 1.807) is 32.9 Å². The van der Waals surface area contributed by atoms with Gasteiger partial charge < -0.3 is 10.1 Å². The molecule has 0 aliphatic rings. The first kappa shape index (κ1) is 19.0. The van der Waals surface area contributed by atoms with E-state index < -0.39 is 16.9 Å². The van der Waals surface area contributed by atoms with Crippen LogP contribution in [-0.4, -0.2) is 16.9 Å². The molecule has 2 aromatic rings. The maximum Gasteiger partial charge on any atom is 0.270 e. The van der Waals surface area contributed by atoms with Crippen LogP contribution in [0.25, 0.3) is 0 Å². The van der Waals surface area contributed by atoms with Gasteiger partial charge >= 0.3 is 0 Å². The standard InChI is InChI=1S/C17H16Cl2N2O4/c1-9-6-13(21(23)24)7-10(2)16(9)20-17(22)11(3)25-15-5-4-12(18)8-14(15)19/h4-8,11H,1-3H3,(H,20,22)/t11-/m1/s1. The number of carbonyl (C=O) groups excluding carboxylic acids is 1. The Kier molecular flexibility index (Phi) is 5.87. The smallest absolute Gasteiger partial charge is 0.270 e. The average Bonchev–Trinajstić information content (AvgIpc) is 2.52. The largest absolute Gasteiger partial charge is 0.479 e. The lowest BCUT2D eigenvalue weighted by molar-refractivity contribution is -0.384. The Balaban J connectivity index is 2.15. The van der Waals surface area contributed by atoms with Crippen LogP contribution in [0, 0.1) is 24.0 Å². The van der Waals surface area contributed by atoms with Crippen LogP contribution in [0.4, 0.5) is 11.4 Å². The third kappa shape index (κ3) is 4.61. The van der Waals surface area contributed by atoms with Crippen molar-refractivity contribution in [3.8, 4) is 5.75 Å². The number of non-ortho nitro benzene ring substituents is 1. The van der Waals surface area contributed by atoms with Gasteiger partial charge in [-0.3, -0.25) is 14.9 Å². The second kappa shape index (κ2) is 7.72. The van der Waals surface area contributed by atoms with Crippen LogP contribution in [0.1, 0.15) is 18.1 Å². The molecule has 0 saturated heterocycles. The second-order valence-corrected chi connectivity index (χ2v) is 6.38. The number of carbonyl (C=O) groups is 1. The number of benzene rings is 2. The van der Waals surface area contributed by atoms with Crippen molar-refractivity contribution >= 4 is 40.5 Å². The lowest BCUT2D eigenvalue weighted by Gasteiger charge is -2.17. The molecule has 2 rings (SSSR count). The lowest BCUT2D eigenvalue weighted by Crippen LogP contribution is -2.30. The second-order valence-electron chi connectivity index (χ2n) is 5.54. The number of aryl methyl sites for hydroxylation is 2. The molecule has 6 nitrogen and oxygen atoms in total. The molecule has 132 valence electrons. The lowest BCUT2D eigenvalue weighted by atomic mass is 10.1. The molecule has 0 spiro atoms. The van der Waals surface area contributed by atoms with E-state index in [4.69, 9.17) is 27.9 Å². The number of hydrogen-bond donors (Lipinski definition) is 1. The van der Waals surface area contributed by atoms with Crippen molar-refractivity contribution in [2.75, 3.05) is 5.32 Å². The Labute approximate surface area is 154 Å².